The molecule has 8 heteroatoms. The van der Waals surface area contributed by atoms with E-state index in [0.717, 1.165) is 11.6 Å². The fraction of sp³-hybridized carbons (Fsp3) is 0.250. The van der Waals surface area contributed by atoms with Crippen molar-refractivity contribution in [3.05, 3.63) is 76.9 Å². The lowest BCUT2D eigenvalue weighted by Crippen LogP contribution is -2.26. The lowest BCUT2D eigenvalue weighted by atomic mass is 9.96. The van der Waals surface area contributed by atoms with Gasteiger partial charge in [-0.2, -0.15) is 13.2 Å². The molecule has 2 aromatic rings. The largest absolute Gasteiger partial charge is 0.416 e. The van der Waals surface area contributed by atoms with E-state index >= 15 is 0 Å². The SMILES string of the molecule is CC1=C(C(F)(F)F)C=C(NC(=O)c2cccnc2SCc2ccncc2)CC1. The van der Waals surface area contributed by atoms with Gasteiger partial charge in [-0.05, 0) is 55.7 Å². The highest BCUT2D eigenvalue weighted by molar-refractivity contribution is 7.98. The molecule has 0 saturated heterocycles. The number of aromatic nitrogens is 2. The Morgan fingerprint density at radius 3 is 2.64 bits per heavy atom. The minimum atomic E-state index is -4.43. The van der Waals surface area contributed by atoms with Crippen LogP contribution < -0.4 is 5.32 Å². The van der Waals surface area contributed by atoms with Crippen LogP contribution in [0.4, 0.5) is 13.2 Å². The number of carbonyl (C=O) groups excluding carboxylic acids is 1. The second-order valence-corrected chi connectivity index (χ2v) is 7.28. The third-order valence-corrected chi connectivity index (χ3v) is 5.34. The van der Waals surface area contributed by atoms with Gasteiger partial charge in [0.05, 0.1) is 11.1 Å². The average Bonchev–Trinajstić information content (AvgIpc) is 2.68. The third kappa shape index (κ3) is 5.01. The minimum absolute atomic E-state index is 0.261. The second kappa shape index (κ2) is 8.60. The van der Waals surface area contributed by atoms with Crippen molar-refractivity contribution < 1.29 is 18.0 Å². The van der Waals surface area contributed by atoms with Gasteiger partial charge in [0.2, 0.25) is 0 Å². The molecule has 4 nitrogen and oxygen atoms in total. The van der Waals surface area contributed by atoms with Crippen LogP contribution in [0.15, 0.2) is 70.8 Å². The molecule has 0 saturated carbocycles. The smallest absolute Gasteiger partial charge is 0.326 e. The van der Waals surface area contributed by atoms with E-state index in [-0.39, 0.29) is 17.7 Å². The predicted molar refractivity (Wildman–Crippen MR) is 102 cm³/mol. The normalized spacial score (nSPS) is 14.6. The van der Waals surface area contributed by atoms with Gasteiger partial charge in [0.1, 0.15) is 5.03 Å². The Morgan fingerprint density at radius 1 is 1.18 bits per heavy atom. The molecule has 0 aromatic carbocycles. The maximum absolute atomic E-state index is 13.1. The van der Waals surface area contributed by atoms with Gasteiger partial charge in [0.25, 0.3) is 5.91 Å². The lowest BCUT2D eigenvalue weighted by molar-refractivity contribution is -0.0894. The van der Waals surface area contributed by atoms with Gasteiger partial charge in [0, 0.05) is 30.0 Å². The molecule has 146 valence electrons. The van der Waals surface area contributed by atoms with Crippen LogP contribution in [0.1, 0.15) is 35.7 Å². The van der Waals surface area contributed by atoms with E-state index in [2.05, 4.69) is 15.3 Å². The molecule has 1 aliphatic rings. The number of allylic oxidation sites excluding steroid dienone is 4. The minimum Gasteiger partial charge on any atom is -0.326 e. The molecule has 1 aliphatic carbocycles. The zero-order valence-electron chi connectivity index (χ0n) is 15.1. The maximum Gasteiger partial charge on any atom is 0.416 e. The molecule has 2 heterocycles. The molecule has 0 aliphatic heterocycles. The van der Waals surface area contributed by atoms with E-state index in [4.69, 9.17) is 0 Å². The molecule has 2 aromatic heterocycles. The van der Waals surface area contributed by atoms with E-state index < -0.39 is 17.7 Å². The van der Waals surface area contributed by atoms with Crippen molar-refractivity contribution in [3.63, 3.8) is 0 Å². The number of alkyl halides is 3. The first kappa shape index (κ1) is 20.1. The highest BCUT2D eigenvalue weighted by atomic mass is 32.2. The summed E-state index contributed by atoms with van der Waals surface area (Å²) in [4.78, 5) is 20.9. The molecule has 0 radical (unpaired) electrons. The number of nitrogens with one attached hydrogen (secondary N) is 1. The van der Waals surface area contributed by atoms with Crippen LogP contribution in [0.5, 0.6) is 0 Å². The van der Waals surface area contributed by atoms with Crippen molar-refractivity contribution in [2.45, 2.75) is 36.7 Å². The van der Waals surface area contributed by atoms with Crippen LogP contribution in [0, 0.1) is 0 Å². The van der Waals surface area contributed by atoms with Crippen molar-refractivity contribution in [1.82, 2.24) is 15.3 Å². The molecule has 0 spiro atoms. The van der Waals surface area contributed by atoms with Crippen molar-refractivity contribution >= 4 is 17.7 Å². The quantitative estimate of drug-likeness (QED) is 0.707. The van der Waals surface area contributed by atoms with Gasteiger partial charge in [0.15, 0.2) is 0 Å². The molecule has 3 rings (SSSR count). The number of halogens is 3. The Bertz CT molecular complexity index is 924. The summed E-state index contributed by atoms with van der Waals surface area (Å²) in [5.41, 5.74) is 1.22. The van der Waals surface area contributed by atoms with Gasteiger partial charge < -0.3 is 5.32 Å². The molecule has 0 unspecified atom stereocenters. The zero-order valence-corrected chi connectivity index (χ0v) is 15.9. The number of pyridine rings is 2. The summed E-state index contributed by atoms with van der Waals surface area (Å²) >= 11 is 1.39. The molecule has 1 N–H and O–H groups in total. The number of hydrogen-bond acceptors (Lipinski definition) is 4. The molecule has 28 heavy (non-hydrogen) atoms. The molecule has 0 fully saturated rings. The maximum atomic E-state index is 13.1. The first-order valence-corrected chi connectivity index (χ1v) is 9.59. The molecule has 1 amide bonds. The van der Waals surface area contributed by atoms with E-state index in [1.165, 1.54) is 18.7 Å². The second-order valence-electron chi connectivity index (χ2n) is 6.32. The molecule has 0 atom stereocenters. The monoisotopic (exact) mass is 405 g/mol. The van der Waals surface area contributed by atoms with Crippen LogP contribution in [0.25, 0.3) is 0 Å². The van der Waals surface area contributed by atoms with Crippen LogP contribution in [0.3, 0.4) is 0 Å². The first-order valence-electron chi connectivity index (χ1n) is 8.60. The number of nitrogens with zero attached hydrogens (tertiary/aromatic N) is 2. The Labute approximate surface area is 165 Å². The standard InChI is InChI=1S/C20H18F3N3OS/c1-13-4-5-15(11-17(13)20(21,22)23)26-18(27)16-3-2-8-25-19(16)28-12-14-6-9-24-10-7-14/h2-3,6-11H,4-5,12H2,1H3,(H,26,27). The van der Waals surface area contributed by atoms with Gasteiger partial charge in [-0.1, -0.05) is 5.57 Å². The summed E-state index contributed by atoms with van der Waals surface area (Å²) in [7, 11) is 0. The van der Waals surface area contributed by atoms with Gasteiger partial charge >= 0.3 is 6.18 Å². The summed E-state index contributed by atoms with van der Waals surface area (Å²) in [6, 6.07) is 6.99. The van der Waals surface area contributed by atoms with E-state index in [1.54, 1.807) is 30.7 Å². The first-order chi connectivity index (χ1) is 13.3. The third-order valence-electron chi connectivity index (χ3n) is 4.27. The van der Waals surface area contributed by atoms with Gasteiger partial charge in [-0.15, -0.1) is 11.8 Å². The average molecular weight is 405 g/mol. The predicted octanol–water partition coefficient (Wildman–Crippen LogP) is 5.06. The Hall–Kier alpha value is -2.61. The van der Waals surface area contributed by atoms with Crippen molar-refractivity contribution in [3.8, 4) is 0 Å². The van der Waals surface area contributed by atoms with Crippen LogP contribution >= 0.6 is 11.8 Å². The highest BCUT2D eigenvalue weighted by Gasteiger charge is 2.35. The Kier molecular flexibility index (Phi) is 6.18. The zero-order chi connectivity index (χ0) is 20.1. The number of rotatable bonds is 5. The van der Waals surface area contributed by atoms with E-state index in [9.17, 15) is 18.0 Å². The molecular weight excluding hydrogens is 387 g/mol. The van der Waals surface area contributed by atoms with Crippen LogP contribution in [-0.2, 0) is 5.75 Å². The summed E-state index contributed by atoms with van der Waals surface area (Å²) in [5, 5.41) is 3.15. The summed E-state index contributed by atoms with van der Waals surface area (Å²) in [6.45, 7) is 1.47. The fourth-order valence-electron chi connectivity index (χ4n) is 2.77. The van der Waals surface area contributed by atoms with Gasteiger partial charge in [-0.3, -0.25) is 9.78 Å². The summed E-state index contributed by atoms with van der Waals surface area (Å²) in [5.74, 6) is 0.139. The van der Waals surface area contributed by atoms with Gasteiger partial charge in [-0.25, -0.2) is 4.98 Å². The summed E-state index contributed by atoms with van der Waals surface area (Å²) in [6.07, 6.45) is 2.17. The van der Waals surface area contributed by atoms with E-state index in [0.29, 0.717) is 22.8 Å². The fourth-order valence-corrected chi connectivity index (χ4v) is 3.72. The number of carbonyl (C=O) groups is 1. The van der Waals surface area contributed by atoms with Crippen LogP contribution in [-0.4, -0.2) is 22.1 Å². The topological polar surface area (TPSA) is 54.9 Å². The van der Waals surface area contributed by atoms with Crippen molar-refractivity contribution in [2.24, 2.45) is 0 Å². The lowest BCUT2D eigenvalue weighted by Gasteiger charge is -2.20. The Balaban J connectivity index is 1.75. The number of hydrogen-bond donors (Lipinski definition) is 1. The number of amides is 1. The molecular formula is C20H18F3N3OS. The van der Waals surface area contributed by atoms with Crippen molar-refractivity contribution in [1.29, 1.82) is 0 Å². The summed E-state index contributed by atoms with van der Waals surface area (Å²) < 4.78 is 39.4. The van der Waals surface area contributed by atoms with Crippen LogP contribution in [0.2, 0.25) is 0 Å². The van der Waals surface area contributed by atoms with E-state index in [1.807, 2.05) is 12.1 Å². The number of thioether (sulfide) groups is 1. The Morgan fingerprint density at radius 2 is 1.93 bits per heavy atom. The molecule has 0 bridgehead atoms. The highest BCUT2D eigenvalue weighted by Crippen LogP contribution is 2.35. The van der Waals surface area contributed by atoms with Crippen molar-refractivity contribution in [2.75, 3.05) is 0 Å².